The second kappa shape index (κ2) is 6.62. The van der Waals surface area contributed by atoms with Gasteiger partial charge in [-0.1, -0.05) is 35.9 Å². The molecular formula is C16H17NO4S. The number of rotatable bonds is 5. The predicted octanol–water partition coefficient (Wildman–Crippen LogP) is 2.19. The van der Waals surface area contributed by atoms with Crippen LogP contribution >= 0.6 is 0 Å². The van der Waals surface area contributed by atoms with E-state index in [1.807, 2.05) is 17.7 Å². The van der Waals surface area contributed by atoms with Gasteiger partial charge in [0.1, 0.15) is 5.75 Å². The number of hydrogen-bond donors (Lipinski definition) is 1. The Morgan fingerprint density at radius 1 is 1.09 bits per heavy atom. The van der Waals surface area contributed by atoms with E-state index in [0.717, 1.165) is 5.56 Å². The molecule has 0 heterocycles. The third-order valence-electron chi connectivity index (χ3n) is 2.98. The molecule has 0 fully saturated rings. The molecule has 116 valence electrons. The highest BCUT2D eigenvalue weighted by molar-refractivity contribution is 7.90. The fraction of sp³-hybridized carbons (Fsp3) is 0.188. The first-order valence-corrected chi connectivity index (χ1v) is 8.17. The zero-order valence-electron chi connectivity index (χ0n) is 12.4. The lowest BCUT2D eigenvalue weighted by atomic mass is 10.2. The zero-order valence-corrected chi connectivity index (χ0v) is 13.2. The van der Waals surface area contributed by atoms with Crippen LogP contribution < -0.4 is 9.46 Å². The van der Waals surface area contributed by atoms with Gasteiger partial charge in [-0.2, -0.15) is 0 Å². The van der Waals surface area contributed by atoms with Crippen LogP contribution in [0.2, 0.25) is 0 Å². The van der Waals surface area contributed by atoms with Gasteiger partial charge >= 0.3 is 0 Å². The van der Waals surface area contributed by atoms with E-state index in [4.69, 9.17) is 4.74 Å². The Morgan fingerprint density at radius 3 is 2.41 bits per heavy atom. The van der Waals surface area contributed by atoms with Crippen LogP contribution in [0.25, 0.3) is 0 Å². The number of benzene rings is 2. The number of carbonyl (C=O) groups excluding carboxylic acids is 1. The van der Waals surface area contributed by atoms with E-state index in [-0.39, 0.29) is 11.5 Å². The van der Waals surface area contributed by atoms with Crippen molar-refractivity contribution in [3.05, 3.63) is 59.7 Å². The van der Waals surface area contributed by atoms with Gasteiger partial charge in [0.2, 0.25) is 0 Å². The first kappa shape index (κ1) is 16.0. The smallest absolute Gasteiger partial charge is 0.271 e. The lowest BCUT2D eigenvalue weighted by Crippen LogP contribution is -2.34. The minimum Gasteiger partial charge on any atom is -0.484 e. The number of aryl methyl sites for hydroxylation is 2. The molecule has 0 aromatic heterocycles. The molecule has 2 aromatic carbocycles. The van der Waals surface area contributed by atoms with Crippen LogP contribution in [0.4, 0.5) is 0 Å². The number of carbonyl (C=O) groups is 1. The fourth-order valence-electron chi connectivity index (χ4n) is 2.00. The highest BCUT2D eigenvalue weighted by atomic mass is 32.2. The molecule has 0 saturated heterocycles. The summed E-state index contributed by atoms with van der Waals surface area (Å²) < 4.78 is 31.6. The number of amides is 1. The van der Waals surface area contributed by atoms with Crippen LogP contribution in [-0.2, 0) is 14.8 Å². The minimum absolute atomic E-state index is 0.0890. The van der Waals surface area contributed by atoms with Gasteiger partial charge in [-0.15, -0.1) is 0 Å². The average Bonchev–Trinajstić information content (AvgIpc) is 2.45. The molecule has 5 nitrogen and oxygen atoms in total. The van der Waals surface area contributed by atoms with Crippen molar-refractivity contribution in [2.75, 3.05) is 6.61 Å². The van der Waals surface area contributed by atoms with E-state index in [0.29, 0.717) is 11.3 Å². The Kier molecular flexibility index (Phi) is 4.82. The van der Waals surface area contributed by atoms with Gasteiger partial charge in [-0.25, -0.2) is 13.1 Å². The molecule has 0 aliphatic rings. The monoisotopic (exact) mass is 319 g/mol. The van der Waals surface area contributed by atoms with Crippen molar-refractivity contribution < 1.29 is 17.9 Å². The standard InChI is InChI=1S/C16H17NO4S/c1-12-8-9-15(13(2)10-12)22(19,20)17-16(18)11-21-14-6-4-3-5-7-14/h3-10H,11H2,1-2H3,(H,17,18). The van der Waals surface area contributed by atoms with Crippen molar-refractivity contribution >= 4 is 15.9 Å². The SMILES string of the molecule is Cc1ccc(S(=O)(=O)NC(=O)COc2ccccc2)c(C)c1. The van der Waals surface area contributed by atoms with E-state index < -0.39 is 15.9 Å². The van der Waals surface area contributed by atoms with E-state index in [9.17, 15) is 13.2 Å². The Hall–Kier alpha value is -2.34. The van der Waals surface area contributed by atoms with Crippen molar-refractivity contribution in [2.45, 2.75) is 18.7 Å². The van der Waals surface area contributed by atoms with Crippen molar-refractivity contribution in [1.29, 1.82) is 0 Å². The number of sulfonamides is 1. The second-order valence-corrected chi connectivity index (χ2v) is 6.55. The Morgan fingerprint density at radius 2 is 1.77 bits per heavy atom. The van der Waals surface area contributed by atoms with Crippen LogP contribution in [-0.4, -0.2) is 20.9 Å². The summed E-state index contributed by atoms with van der Waals surface area (Å²) in [7, 11) is -3.89. The summed E-state index contributed by atoms with van der Waals surface area (Å²) >= 11 is 0. The van der Waals surface area contributed by atoms with Gasteiger partial charge in [-0.3, -0.25) is 4.79 Å². The molecule has 22 heavy (non-hydrogen) atoms. The molecule has 0 atom stereocenters. The number of ether oxygens (including phenoxy) is 1. The highest BCUT2D eigenvalue weighted by Crippen LogP contribution is 2.16. The largest absolute Gasteiger partial charge is 0.484 e. The van der Waals surface area contributed by atoms with Gasteiger partial charge in [0.25, 0.3) is 15.9 Å². The van der Waals surface area contributed by atoms with Gasteiger partial charge in [0.05, 0.1) is 4.90 Å². The molecule has 1 N–H and O–H groups in total. The summed E-state index contributed by atoms with van der Waals surface area (Å²) in [4.78, 5) is 11.9. The van der Waals surface area contributed by atoms with Crippen LogP contribution in [0, 0.1) is 13.8 Å². The Labute approximate surface area is 130 Å². The topological polar surface area (TPSA) is 72.5 Å². The Bertz CT molecular complexity index is 770. The first-order chi connectivity index (χ1) is 10.4. The Balaban J connectivity index is 2.03. The number of para-hydroxylation sites is 1. The number of hydrogen-bond acceptors (Lipinski definition) is 4. The molecule has 0 spiro atoms. The molecule has 2 aromatic rings. The molecule has 6 heteroatoms. The lowest BCUT2D eigenvalue weighted by molar-refractivity contribution is -0.121. The maximum absolute atomic E-state index is 12.2. The summed E-state index contributed by atoms with van der Waals surface area (Å²) in [6.45, 7) is 3.19. The van der Waals surface area contributed by atoms with Crippen molar-refractivity contribution in [3.8, 4) is 5.75 Å². The van der Waals surface area contributed by atoms with E-state index >= 15 is 0 Å². The molecule has 0 saturated carbocycles. The maximum atomic E-state index is 12.2. The normalized spacial score (nSPS) is 11.0. The zero-order chi connectivity index (χ0) is 16.2. The summed E-state index contributed by atoms with van der Waals surface area (Å²) in [6.07, 6.45) is 0. The molecule has 0 aliphatic heterocycles. The van der Waals surface area contributed by atoms with Crippen LogP contribution in [0.3, 0.4) is 0 Å². The quantitative estimate of drug-likeness (QED) is 0.917. The van der Waals surface area contributed by atoms with Crippen molar-refractivity contribution in [2.24, 2.45) is 0 Å². The third-order valence-corrected chi connectivity index (χ3v) is 4.51. The molecule has 0 radical (unpaired) electrons. The summed E-state index contributed by atoms with van der Waals surface area (Å²) in [5.74, 6) is -0.217. The third kappa shape index (κ3) is 4.08. The van der Waals surface area contributed by atoms with Crippen LogP contribution in [0.15, 0.2) is 53.4 Å². The van der Waals surface area contributed by atoms with Gasteiger partial charge in [0, 0.05) is 0 Å². The molecule has 2 rings (SSSR count). The molecule has 0 aliphatic carbocycles. The molecular weight excluding hydrogens is 302 g/mol. The number of nitrogens with one attached hydrogen (secondary N) is 1. The second-order valence-electron chi connectivity index (χ2n) is 4.90. The van der Waals surface area contributed by atoms with Gasteiger partial charge in [-0.05, 0) is 37.6 Å². The lowest BCUT2D eigenvalue weighted by Gasteiger charge is -2.10. The molecule has 1 amide bonds. The van der Waals surface area contributed by atoms with Gasteiger partial charge < -0.3 is 4.74 Å². The molecule has 0 bridgehead atoms. The van der Waals surface area contributed by atoms with E-state index in [2.05, 4.69) is 0 Å². The maximum Gasteiger partial charge on any atom is 0.271 e. The van der Waals surface area contributed by atoms with Crippen LogP contribution in [0.5, 0.6) is 5.75 Å². The predicted molar refractivity (Wildman–Crippen MR) is 83.2 cm³/mol. The van der Waals surface area contributed by atoms with E-state index in [1.165, 1.54) is 6.07 Å². The van der Waals surface area contributed by atoms with Crippen LogP contribution in [0.1, 0.15) is 11.1 Å². The summed E-state index contributed by atoms with van der Waals surface area (Å²) in [5, 5.41) is 0. The first-order valence-electron chi connectivity index (χ1n) is 6.69. The molecule has 0 unspecified atom stereocenters. The minimum atomic E-state index is -3.89. The van der Waals surface area contributed by atoms with Crippen molar-refractivity contribution in [3.63, 3.8) is 0 Å². The summed E-state index contributed by atoms with van der Waals surface area (Å²) in [6, 6.07) is 13.6. The highest BCUT2D eigenvalue weighted by Gasteiger charge is 2.19. The average molecular weight is 319 g/mol. The van der Waals surface area contributed by atoms with Gasteiger partial charge in [0.15, 0.2) is 6.61 Å². The fourth-order valence-corrected chi connectivity index (χ4v) is 3.20. The van der Waals surface area contributed by atoms with Crippen molar-refractivity contribution in [1.82, 2.24) is 4.72 Å². The van der Waals surface area contributed by atoms with E-state index in [1.54, 1.807) is 43.3 Å². The summed E-state index contributed by atoms with van der Waals surface area (Å²) in [5.41, 5.74) is 1.54.